The third-order valence-corrected chi connectivity index (χ3v) is 3.51. The minimum atomic E-state index is -0.396. The van der Waals surface area contributed by atoms with Gasteiger partial charge in [-0.15, -0.1) is 0 Å². The lowest BCUT2D eigenvalue weighted by Crippen LogP contribution is -2.37. The van der Waals surface area contributed by atoms with Gasteiger partial charge in [-0.25, -0.2) is 0 Å². The fourth-order valence-electron chi connectivity index (χ4n) is 2.47. The second-order valence-corrected chi connectivity index (χ2v) is 4.85. The number of Topliss-reactive ketones (excluding diaryl/α,β-unsaturated/α-hetero) is 1. The lowest BCUT2D eigenvalue weighted by atomic mass is 9.99. The summed E-state index contributed by atoms with van der Waals surface area (Å²) in [6.07, 6.45) is 0.252. The van der Waals surface area contributed by atoms with Crippen LogP contribution in [0.15, 0.2) is 42.5 Å². The van der Waals surface area contributed by atoms with Crippen molar-refractivity contribution in [2.45, 2.75) is 6.42 Å². The van der Waals surface area contributed by atoms with E-state index >= 15 is 0 Å². The highest BCUT2D eigenvalue weighted by molar-refractivity contribution is 6.14. The molecule has 0 aromatic heterocycles. The van der Waals surface area contributed by atoms with Gasteiger partial charge in [0.15, 0.2) is 5.78 Å². The normalized spacial score (nSPS) is 13.9. The number of aromatic hydroxyl groups is 2. The second kappa shape index (κ2) is 4.94. The molecule has 0 fully saturated rings. The van der Waals surface area contributed by atoms with E-state index in [1.807, 2.05) is 0 Å². The van der Waals surface area contributed by atoms with E-state index < -0.39 is 5.91 Å². The van der Waals surface area contributed by atoms with Crippen LogP contribution in [0.3, 0.4) is 0 Å². The largest absolute Gasteiger partial charge is 0.508 e. The standard InChI is InChI=1S/C16H13NO4/c18-10-5-6-12(15(20)9-10)16(21)17-8-7-14(19)11-3-1-2-4-13(11)17/h1-6,9,18,20H,7-8H2. The van der Waals surface area contributed by atoms with Gasteiger partial charge in [0.05, 0.1) is 11.3 Å². The summed E-state index contributed by atoms with van der Waals surface area (Å²) in [5, 5.41) is 19.1. The maximum Gasteiger partial charge on any atom is 0.262 e. The predicted octanol–water partition coefficient (Wildman–Crippen LogP) is 2.33. The third-order valence-electron chi connectivity index (χ3n) is 3.51. The molecule has 1 amide bonds. The van der Waals surface area contributed by atoms with Gasteiger partial charge in [-0.3, -0.25) is 9.59 Å². The van der Waals surface area contributed by atoms with Crippen molar-refractivity contribution in [1.29, 1.82) is 0 Å². The lowest BCUT2D eigenvalue weighted by Gasteiger charge is -2.28. The number of amides is 1. The summed E-state index contributed by atoms with van der Waals surface area (Å²) >= 11 is 0. The number of fused-ring (bicyclic) bond motifs is 1. The van der Waals surface area contributed by atoms with Crippen molar-refractivity contribution in [2.75, 3.05) is 11.4 Å². The maximum atomic E-state index is 12.6. The van der Waals surface area contributed by atoms with Crippen molar-refractivity contribution >= 4 is 17.4 Å². The Morgan fingerprint density at radius 1 is 1.10 bits per heavy atom. The van der Waals surface area contributed by atoms with Crippen molar-refractivity contribution in [1.82, 2.24) is 0 Å². The van der Waals surface area contributed by atoms with Gasteiger partial charge < -0.3 is 15.1 Å². The molecule has 0 saturated heterocycles. The Balaban J connectivity index is 2.03. The molecule has 2 aromatic carbocycles. The van der Waals surface area contributed by atoms with Crippen molar-refractivity contribution in [3.8, 4) is 11.5 Å². The first-order valence-electron chi connectivity index (χ1n) is 6.54. The molecule has 1 aliphatic rings. The molecule has 0 saturated carbocycles. The summed E-state index contributed by atoms with van der Waals surface area (Å²) in [5.74, 6) is -0.787. The van der Waals surface area contributed by atoms with E-state index in [1.165, 1.54) is 17.0 Å². The Hall–Kier alpha value is -2.82. The molecular formula is C16H13NO4. The molecule has 106 valence electrons. The molecule has 2 N–H and O–H groups in total. The molecule has 0 radical (unpaired) electrons. The number of ketones is 1. The highest BCUT2D eigenvalue weighted by atomic mass is 16.3. The van der Waals surface area contributed by atoms with Crippen LogP contribution in [0.5, 0.6) is 11.5 Å². The molecule has 21 heavy (non-hydrogen) atoms. The van der Waals surface area contributed by atoms with E-state index in [0.717, 1.165) is 6.07 Å². The molecule has 0 spiro atoms. The number of carbonyl (C=O) groups excluding carboxylic acids is 2. The number of hydrogen-bond donors (Lipinski definition) is 2. The van der Waals surface area contributed by atoms with Crippen LogP contribution >= 0.6 is 0 Å². The Kier molecular flexibility index (Phi) is 3.10. The van der Waals surface area contributed by atoms with E-state index in [9.17, 15) is 19.8 Å². The zero-order valence-electron chi connectivity index (χ0n) is 11.1. The van der Waals surface area contributed by atoms with Crippen LogP contribution in [0.1, 0.15) is 27.1 Å². The van der Waals surface area contributed by atoms with Crippen LogP contribution in [0, 0.1) is 0 Å². The fourth-order valence-corrected chi connectivity index (χ4v) is 2.47. The summed E-state index contributed by atoms with van der Waals surface area (Å²) in [4.78, 5) is 25.9. The van der Waals surface area contributed by atoms with E-state index in [1.54, 1.807) is 24.3 Å². The highest BCUT2D eigenvalue weighted by Gasteiger charge is 2.28. The first-order chi connectivity index (χ1) is 10.1. The molecule has 5 heteroatoms. The lowest BCUT2D eigenvalue weighted by molar-refractivity contribution is 0.0954. The zero-order valence-corrected chi connectivity index (χ0v) is 11.1. The summed E-state index contributed by atoms with van der Waals surface area (Å²) in [5.41, 5.74) is 1.15. The Bertz CT molecular complexity index is 739. The number of para-hydroxylation sites is 1. The fraction of sp³-hybridized carbons (Fsp3) is 0.125. The number of phenolic OH excluding ortho intramolecular Hbond substituents is 2. The second-order valence-electron chi connectivity index (χ2n) is 4.85. The summed E-state index contributed by atoms with van der Waals surface area (Å²) in [7, 11) is 0. The number of anilines is 1. The smallest absolute Gasteiger partial charge is 0.262 e. The van der Waals surface area contributed by atoms with E-state index in [2.05, 4.69) is 0 Å². The first-order valence-corrected chi connectivity index (χ1v) is 6.54. The highest BCUT2D eigenvalue weighted by Crippen LogP contribution is 2.31. The predicted molar refractivity (Wildman–Crippen MR) is 76.8 cm³/mol. The van der Waals surface area contributed by atoms with Gasteiger partial charge in [-0.05, 0) is 24.3 Å². The average molecular weight is 283 g/mol. The molecular weight excluding hydrogens is 270 g/mol. The van der Waals surface area contributed by atoms with Crippen molar-refractivity contribution in [3.05, 3.63) is 53.6 Å². The summed E-state index contributed by atoms with van der Waals surface area (Å²) in [6.45, 7) is 0.273. The quantitative estimate of drug-likeness (QED) is 0.842. The summed E-state index contributed by atoms with van der Waals surface area (Å²) in [6, 6.07) is 10.7. The molecule has 1 heterocycles. The van der Waals surface area contributed by atoms with Crippen LogP contribution < -0.4 is 4.90 Å². The van der Waals surface area contributed by atoms with Crippen molar-refractivity contribution < 1.29 is 19.8 Å². The number of phenols is 2. The minimum absolute atomic E-state index is 0.00424. The van der Waals surface area contributed by atoms with Gasteiger partial charge in [-0.1, -0.05) is 12.1 Å². The maximum absolute atomic E-state index is 12.6. The Morgan fingerprint density at radius 2 is 1.86 bits per heavy atom. The van der Waals surface area contributed by atoms with Gasteiger partial charge in [0.2, 0.25) is 0 Å². The number of carbonyl (C=O) groups is 2. The average Bonchev–Trinajstić information content (AvgIpc) is 2.47. The van der Waals surface area contributed by atoms with Crippen molar-refractivity contribution in [3.63, 3.8) is 0 Å². The molecule has 1 aliphatic heterocycles. The molecule has 0 atom stereocenters. The van der Waals surface area contributed by atoms with E-state index in [0.29, 0.717) is 11.3 Å². The SMILES string of the molecule is O=C1CCN(C(=O)c2ccc(O)cc2O)c2ccccc21. The van der Waals surface area contributed by atoms with Gasteiger partial charge in [0.1, 0.15) is 11.5 Å². The number of benzene rings is 2. The number of rotatable bonds is 1. The minimum Gasteiger partial charge on any atom is -0.508 e. The van der Waals surface area contributed by atoms with Crippen LogP contribution in [0.25, 0.3) is 0 Å². The van der Waals surface area contributed by atoms with Crippen LogP contribution in [-0.2, 0) is 0 Å². The molecule has 0 unspecified atom stereocenters. The molecule has 0 aliphatic carbocycles. The summed E-state index contributed by atoms with van der Waals surface area (Å²) < 4.78 is 0. The third kappa shape index (κ3) is 2.23. The molecule has 3 rings (SSSR count). The monoisotopic (exact) mass is 283 g/mol. The van der Waals surface area contributed by atoms with E-state index in [-0.39, 0.29) is 35.8 Å². The van der Waals surface area contributed by atoms with Crippen LogP contribution in [-0.4, -0.2) is 28.4 Å². The van der Waals surface area contributed by atoms with Gasteiger partial charge in [0.25, 0.3) is 5.91 Å². The van der Waals surface area contributed by atoms with Crippen molar-refractivity contribution in [2.24, 2.45) is 0 Å². The molecule has 2 aromatic rings. The van der Waals surface area contributed by atoms with Gasteiger partial charge in [-0.2, -0.15) is 0 Å². The van der Waals surface area contributed by atoms with E-state index in [4.69, 9.17) is 0 Å². The molecule has 5 nitrogen and oxygen atoms in total. The van der Waals surface area contributed by atoms with Crippen LogP contribution in [0.4, 0.5) is 5.69 Å². The Morgan fingerprint density at radius 3 is 2.62 bits per heavy atom. The first kappa shape index (κ1) is 13.2. The van der Waals surface area contributed by atoms with Gasteiger partial charge in [0, 0.05) is 24.6 Å². The number of hydrogen-bond acceptors (Lipinski definition) is 4. The zero-order chi connectivity index (χ0) is 15.0. The van der Waals surface area contributed by atoms with Gasteiger partial charge >= 0.3 is 0 Å². The topological polar surface area (TPSA) is 77.8 Å². The Labute approximate surface area is 121 Å². The van der Waals surface area contributed by atoms with Crippen LogP contribution in [0.2, 0.25) is 0 Å². The molecule has 0 bridgehead atoms. The number of nitrogens with zero attached hydrogens (tertiary/aromatic N) is 1.